The lowest BCUT2D eigenvalue weighted by Crippen LogP contribution is -2.35. The van der Waals surface area contributed by atoms with E-state index in [1.807, 2.05) is 58.9 Å². The highest BCUT2D eigenvalue weighted by Gasteiger charge is 2.31. The molecule has 186 valence electrons. The second kappa shape index (κ2) is 11.1. The number of carbonyl (C=O) groups excluding carboxylic acids is 1. The molecule has 2 rings (SSSR count). The summed E-state index contributed by atoms with van der Waals surface area (Å²) in [7, 11) is 0. The second-order valence-electron chi connectivity index (χ2n) is 10.6. The molecule has 1 aromatic heterocycles. The van der Waals surface area contributed by atoms with Crippen LogP contribution in [0.5, 0.6) is 5.75 Å². The van der Waals surface area contributed by atoms with E-state index in [9.17, 15) is 9.59 Å². The molecule has 1 heterocycles. The first kappa shape index (κ1) is 27.4. The SMILES string of the molecule is CC(C)(CCC(=O)OC(C)(C)C)CC(C)(C)Oc1ccc(SNc2ncc(C(=O)O)cn2)cc1. The number of hydrogen-bond acceptors (Lipinski definition) is 8. The van der Waals surface area contributed by atoms with Gasteiger partial charge < -0.3 is 14.6 Å². The summed E-state index contributed by atoms with van der Waals surface area (Å²) in [6.07, 6.45) is 4.37. The molecule has 9 heteroatoms. The molecular formula is C25H35N3O5S. The van der Waals surface area contributed by atoms with Gasteiger partial charge in [0.25, 0.3) is 0 Å². The van der Waals surface area contributed by atoms with E-state index < -0.39 is 17.2 Å². The van der Waals surface area contributed by atoms with Crippen molar-refractivity contribution in [1.29, 1.82) is 0 Å². The van der Waals surface area contributed by atoms with Gasteiger partial charge >= 0.3 is 11.9 Å². The molecule has 0 bridgehead atoms. The van der Waals surface area contributed by atoms with Crippen LogP contribution < -0.4 is 9.46 Å². The number of carboxylic acid groups (broad SMARTS) is 1. The van der Waals surface area contributed by atoms with E-state index in [4.69, 9.17) is 14.6 Å². The molecule has 0 aliphatic heterocycles. The Morgan fingerprint density at radius 1 is 1.00 bits per heavy atom. The molecule has 0 spiro atoms. The first-order valence-electron chi connectivity index (χ1n) is 11.1. The summed E-state index contributed by atoms with van der Waals surface area (Å²) in [5, 5.41) is 8.90. The van der Waals surface area contributed by atoms with Gasteiger partial charge in [0.2, 0.25) is 5.95 Å². The van der Waals surface area contributed by atoms with Gasteiger partial charge in [0.15, 0.2) is 0 Å². The van der Waals surface area contributed by atoms with Crippen molar-refractivity contribution in [2.75, 3.05) is 4.72 Å². The predicted molar refractivity (Wildman–Crippen MR) is 133 cm³/mol. The summed E-state index contributed by atoms with van der Waals surface area (Å²) < 4.78 is 14.7. The molecule has 2 aromatic rings. The van der Waals surface area contributed by atoms with Gasteiger partial charge in [-0.25, -0.2) is 14.8 Å². The number of aromatic carboxylic acids is 1. The summed E-state index contributed by atoms with van der Waals surface area (Å²) in [6, 6.07) is 7.63. The number of ether oxygens (including phenoxy) is 2. The molecule has 0 saturated heterocycles. The molecule has 0 amide bonds. The van der Waals surface area contributed by atoms with Crippen molar-refractivity contribution in [3.8, 4) is 5.75 Å². The Hall–Kier alpha value is -2.81. The number of esters is 1. The summed E-state index contributed by atoms with van der Waals surface area (Å²) in [5.41, 5.74) is -0.963. The standard InChI is InChI=1S/C25H35N3O5S/c1-23(2,3)33-20(29)12-13-24(4,5)16-25(6,7)32-18-8-10-19(11-9-18)34-28-22-26-14-17(15-27-22)21(30)31/h8-11,14-15H,12-13,16H2,1-7H3,(H,30,31)(H,26,27,28). The first-order chi connectivity index (χ1) is 15.6. The molecule has 0 fully saturated rings. The van der Waals surface area contributed by atoms with E-state index in [2.05, 4.69) is 28.5 Å². The number of nitrogens with zero attached hydrogens (tertiary/aromatic N) is 2. The van der Waals surface area contributed by atoms with Gasteiger partial charge in [0, 0.05) is 23.7 Å². The number of rotatable bonds is 11. The minimum atomic E-state index is -1.07. The molecule has 8 nitrogen and oxygen atoms in total. The number of hydrogen-bond donors (Lipinski definition) is 2. The maximum Gasteiger partial charge on any atom is 0.338 e. The lowest BCUT2D eigenvalue weighted by Gasteiger charge is -2.35. The summed E-state index contributed by atoms with van der Waals surface area (Å²) in [4.78, 5) is 31.8. The smallest absolute Gasteiger partial charge is 0.338 e. The van der Waals surface area contributed by atoms with Crippen LogP contribution in [0.15, 0.2) is 41.6 Å². The van der Waals surface area contributed by atoms with E-state index in [1.165, 1.54) is 24.3 Å². The van der Waals surface area contributed by atoms with Crippen LogP contribution in [0.3, 0.4) is 0 Å². The lowest BCUT2D eigenvalue weighted by atomic mass is 9.78. The fourth-order valence-corrected chi connectivity index (χ4v) is 4.19. The summed E-state index contributed by atoms with van der Waals surface area (Å²) in [6.45, 7) is 14.0. The van der Waals surface area contributed by atoms with Gasteiger partial charge in [0.05, 0.1) is 5.56 Å². The van der Waals surface area contributed by atoms with Gasteiger partial charge in [-0.15, -0.1) is 0 Å². The lowest BCUT2D eigenvalue weighted by molar-refractivity contribution is -0.155. The Kier molecular flexibility index (Phi) is 8.94. The highest BCUT2D eigenvalue weighted by atomic mass is 32.2. The average molecular weight is 490 g/mol. The Morgan fingerprint density at radius 2 is 1.59 bits per heavy atom. The third-order valence-corrected chi connectivity index (χ3v) is 5.50. The fourth-order valence-electron chi connectivity index (χ4n) is 3.60. The van der Waals surface area contributed by atoms with Gasteiger partial charge in [-0.3, -0.25) is 9.52 Å². The monoisotopic (exact) mass is 489 g/mol. The fraction of sp³-hybridized carbons (Fsp3) is 0.520. The van der Waals surface area contributed by atoms with Crippen molar-refractivity contribution in [3.05, 3.63) is 42.2 Å². The van der Waals surface area contributed by atoms with E-state index in [0.29, 0.717) is 18.8 Å². The van der Waals surface area contributed by atoms with Crippen molar-refractivity contribution < 1.29 is 24.2 Å². The number of anilines is 1. The van der Waals surface area contributed by atoms with Crippen LogP contribution in [0.1, 0.15) is 78.1 Å². The summed E-state index contributed by atoms with van der Waals surface area (Å²) in [5.74, 6) is -0.169. The molecular weight excluding hydrogens is 454 g/mol. The first-order valence-corrected chi connectivity index (χ1v) is 11.9. The van der Waals surface area contributed by atoms with Crippen LogP contribution in [-0.2, 0) is 9.53 Å². The Labute approximate surface area is 206 Å². The van der Waals surface area contributed by atoms with Crippen LogP contribution in [0.25, 0.3) is 0 Å². The van der Waals surface area contributed by atoms with Crippen molar-refractivity contribution in [2.24, 2.45) is 5.41 Å². The highest BCUT2D eigenvalue weighted by Crippen LogP contribution is 2.35. The minimum absolute atomic E-state index is 0.0349. The molecule has 0 aliphatic carbocycles. The molecule has 0 saturated carbocycles. The van der Waals surface area contributed by atoms with Crippen LogP contribution in [-0.4, -0.2) is 38.2 Å². The van der Waals surface area contributed by atoms with Crippen molar-refractivity contribution in [3.63, 3.8) is 0 Å². The van der Waals surface area contributed by atoms with Crippen LogP contribution in [0.2, 0.25) is 0 Å². The normalized spacial score (nSPS) is 12.2. The quantitative estimate of drug-likeness (QED) is 0.290. The average Bonchev–Trinajstić information content (AvgIpc) is 2.70. The second-order valence-corrected chi connectivity index (χ2v) is 11.4. The summed E-state index contributed by atoms with van der Waals surface area (Å²) >= 11 is 1.32. The highest BCUT2D eigenvalue weighted by molar-refractivity contribution is 8.00. The van der Waals surface area contributed by atoms with Gasteiger partial charge in [-0.1, -0.05) is 13.8 Å². The molecule has 0 unspecified atom stereocenters. The van der Waals surface area contributed by atoms with Gasteiger partial charge in [-0.05, 0) is 89.1 Å². The molecule has 34 heavy (non-hydrogen) atoms. The zero-order chi connectivity index (χ0) is 25.6. The largest absolute Gasteiger partial charge is 0.488 e. The molecule has 0 aliphatic rings. The maximum absolute atomic E-state index is 12.1. The minimum Gasteiger partial charge on any atom is -0.488 e. The zero-order valence-electron chi connectivity index (χ0n) is 21.0. The van der Waals surface area contributed by atoms with Crippen molar-refractivity contribution in [1.82, 2.24) is 9.97 Å². The third-order valence-electron chi connectivity index (χ3n) is 4.71. The molecule has 2 N–H and O–H groups in total. The zero-order valence-corrected chi connectivity index (χ0v) is 21.8. The molecule has 0 radical (unpaired) electrons. The van der Waals surface area contributed by atoms with E-state index in [0.717, 1.165) is 17.1 Å². The maximum atomic E-state index is 12.1. The Morgan fingerprint density at radius 3 is 2.12 bits per heavy atom. The number of nitrogens with one attached hydrogen (secondary N) is 1. The Balaban J connectivity index is 1.86. The van der Waals surface area contributed by atoms with Crippen LogP contribution >= 0.6 is 11.9 Å². The van der Waals surface area contributed by atoms with Crippen LogP contribution in [0, 0.1) is 5.41 Å². The van der Waals surface area contributed by atoms with Crippen molar-refractivity contribution in [2.45, 2.75) is 83.8 Å². The topological polar surface area (TPSA) is 111 Å². The molecule has 1 aromatic carbocycles. The number of carbonyl (C=O) groups is 2. The number of carboxylic acids is 1. The number of aromatic nitrogens is 2. The van der Waals surface area contributed by atoms with Gasteiger partial charge in [-0.2, -0.15) is 0 Å². The predicted octanol–water partition coefficient (Wildman–Crippen LogP) is 5.99. The number of benzene rings is 1. The van der Waals surface area contributed by atoms with E-state index in [1.54, 1.807) is 0 Å². The van der Waals surface area contributed by atoms with Gasteiger partial charge in [0.1, 0.15) is 17.0 Å². The Bertz CT molecular complexity index is 968. The van der Waals surface area contributed by atoms with E-state index >= 15 is 0 Å². The molecule has 0 atom stereocenters. The van der Waals surface area contributed by atoms with Crippen molar-refractivity contribution >= 4 is 29.8 Å². The third kappa shape index (κ3) is 9.99. The van der Waals surface area contributed by atoms with E-state index in [-0.39, 0.29) is 16.9 Å². The van der Waals surface area contributed by atoms with Crippen LogP contribution in [0.4, 0.5) is 5.95 Å².